The predicted octanol–water partition coefficient (Wildman–Crippen LogP) is 1.65. The molecule has 2 aromatic rings. The predicted molar refractivity (Wildman–Crippen MR) is 94.8 cm³/mol. The van der Waals surface area contributed by atoms with Crippen molar-refractivity contribution in [3.8, 4) is 0 Å². The third-order valence-electron chi connectivity index (χ3n) is 4.38. The van der Waals surface area contributed by atoms with Gasteiger partial charge in [-0.15, -0.1) is 0 Å². The number of hydrogen-bond acceptors (Lipinski definition) is 4. The zero-order valence-electron chi connectivity index (χ0n) is 13.6. The Morgan fingerprint density at radius 1 is 0.833 bits per heavy atom. The van der Waals surface area contributed by atoms with E-state index in [1.165, 1.54) is 5.56 Å². The Morgan fingerprint density at radius 2 is 1.46 bits per heavy atom. The summed E-state index contributed by atoms with van der Waals surface area (Å²) in [5, 5.41) is 0. The number of sulfonamides is 1. The Kier molecular flexibility index (Phi) is 5.30. The molecule has 0 aromatic heterocycles. The van der Waals surface area contributed by atoms with Gasteiger partial charge in [-0.2, -0.15) is 4.31 Å². The van der Waals surface area contributed by atoms with Crippen molar-refractivity contribution in [1.29, 1.82) is 0 Å². The van der Waals surface area contributed by atoms with Gasteiger partial charge in [0.05, 0.1) is 4.90 Å². The monoisotopic (exact) mass is 345 g/mol. The minimum atomic E-state index is -3.42. The standard InChI is InChI=1S/C18H23N3O2S/c19-14-16-6-8-18(9-7-16)24(22,23)21-12-10-20(11-13-21)15-17-4-2-1-3-5-17/h1-9H,10-15,19H2. The summed E-state index contributed by atoms with van der Waals surface area (Å²) in [6.45, 7) is 3.81. The van der Waals surface area contributed by atoms with Crippen LogP contribution in [0.25, 0.3) is 0 Å². The van der Waals surface area contributed by atoms with Crippen molar-refractivity contribution in [2.24, 2.45) is 5.73 Å². The van der Waals surface area contributed by atoms with Crippen LogP contribution in [0.2, 0.25) is 0 Å². The molecule has 1 heterocycles. The van der Waals surface area contributed by atoms with Crippen LogP contribution in [0, 0.1) is 0 Å². The molecule has 0 bridgehead atoms. The van der Waals surface area contributed by atoms with E-state index in [0.29, 0.717) is 24.5 Å². The largest absolute Gasteiger partial charge is 0.326 e. The van der Waals surface area contributed by atoms with Gasteiger partial charge in [-0.05, 0) is 23.3 Å². The van der Waals surface area contributed by atoms with Gasteiger partial charge in [0, 0.05) is 39.3 Å². The third-order valence-corrected chi connectivity index (χ3v) is 6.29. The van der Waals surface area contributed by atoms with Gasteiger partial charge in [-0.3, -0.25) is 4.90 Å². The summed E-state index contributed by atoms with van der Waals surface area (Å²) < 4.78 is 27.0. The number of piperazine rings is 1. The molecule has 0 amide bonds. The fraction of sp³-hybridized carbons (Fsp3) is 0.333. The lowest BCUT2D eigenvalue weighted by Crippen LogP contribution is -2.48. The van der Waals surface area contributed by atoms with Crippen LogP contribution in [-0.4, -0.2) is 43.8 Å². The van der Waals surface area contributed by atoms with Crippen LogP contribution in [0.1, 0.15) is 11.1 Å². The first-order valence-corrected chi connectivity index (χ1v) is 9.59. The average Bonchev–Trinajstić information content (AvgIpc) is 2.63. The van der Waals surface area contributed by atoms with E-state index < -0.39 is 10.0 Å². The highest BCUT2D eigenvalue weighted by Gasteiger charge is 2.28. The lowest BCUT2D eigenvalue weighted by Gasteiger charge is -2.34. The van der Waals surface area contributed by atoms with E-state index in [9.17, 15) is 8.42 Å². The maximum Gasteiger partial charge on any atom is 0.243 e. The Hall–Kier alpha value is -1.73. The lowest BCUT2D eigenvalue weighted by molar-refractivity contribution is 0.181. The van der Waals surface area contributed by atoms with Gasteiger partial charge < -0.3 is 5.73 Å². The van der Waals surface area contributed by atoms with Gasteiger partial charge in [0.25, 0.3) is 0 Å². The van der Waals surface area contributed by atoms with E-state index in [-0.39, 0.29) is 0 Å². The second-order valence-corrected chi connectivity index (χ2v) is 7.95. The molecule has 2 N–H and O–H groups in total. The van der Waals surface area contributed by atoms with Crippen molar-refractivity contribution in [1.82, 2.24) is 9.21 Å². The number of nitrogens with zero attached hydrogens (tertiary/aromatic N) is 2. The van der Waals surface area contributed by atoms with Crippen molar-refractivity contribution in [3.63, 3.8) is 0 Å². The van der Waals surface area contributed by atoms with Crippen LogP contribution in [0.5, 0.6) is 0 Å². The van der Waals surface area contributed by atoms with Gasteiger partial charge in [-0.1, -0.05) is 42.5 Å². The highest BCUT2D eigenvalue weighted by Crippen LogP contribution is 2.19. The van der Waals surface area contributed by atoms with Crippen LogP contribution in [-0.2, 0) is 23.1 Å². The topological polar surface area (TPSA) is 66.6 Å². The van der Waals surface area contributed by atoms with E-state index in [1.807, 2.05) is 18.2 Å². The summed E-state index contributed by atoms with van der Waals surface area (Å²) in [5.74, 6) is 0. The van der Waals surface area contributed by atoms with Crippen LogP contribution in [0.4, 0.5) is 0 Å². The molecule has 1 aliphatic heterocycles. The van der Waals surface area contributed by atoms with Crippen molar-refractivity contribution >= 4 is 10.0 Å². The fourth-order valence-corrected chi connectivity index (χ4v) is 4.34. The molecule has 1 fully saturated rings. The quantitative estimate of drug-likeness (QED) is 0.895. The number of benzene rings is 2. The first-order valence-electron chi connectivity index (χ1n) is 8.15. The molecule has 0 atom stereocenters. The number of rotatable bonds is 5. The molecule has 128 valence electrons. The SMILES string of the molecule is NCc1ccc(S(=O)(=O)N2CCN(Cc3ccccc3)CC2)cc1. The van der Waals surface area contributed by atoms with Gasteiger partial charge in [0.2, 0.25) is 10.0 Å². The van der Waals surface area contributed by atoms with E-state index in [0.717, 1.165) is 25.2 Å². The Balaban J connectivity index is 1.62. The summed E-state index contributed by atoms with van der Waals surface area (Å²) in [7, 11) is -3.42. The van der Waals surface area contributed by atoms with Gasteiger partial charge >= 0.3 is 0 Å². The smallest absolute Gasteiger partial charge is 0.243 e. The molecule has 5 nitrogen and oxygen atoms in total. The first-order chi connectivity index (χ1) is 11.6. The van der Waals surface area contributed by atoms with Gasteiger partial charge in [0.15, 0.2) is 0 Å². The van der Waals surface area contributed by atoms with Crippen molar-refractivity contribution in [2.45, 2.75) is 18.0 Å². The Bertz CT molecular complexity index is 753. The minimum absolute atomic E-state index is 0.344. The highest BCUT2D eigenvalue weighted by atomic mass is 32.2. The van der Waals surface area contributed by atoms with Crippen molar-refractivity contribution < 1.29 is 8.42 Å². The second kappa shape index (κ2) is 7.44. The molecular weight excluding hydrogens is 322 g/mol. The second-order valence-electron chi connectivity index (χ2n) is 6.01. The molecule has 24 heavy (non-hydrogen) atoms. The molecule has 0 aliphatic carbocycles. The fourth-order valence-electron chi connectivity index (χ4n) is 2.92. The van der Waals surface area contributed by atoms with Gasteiger partial charge in [0.1, 0.15) is 0 Å². The average molecular weight is 345 g/mol. The molecule has 0 unspecified atom stereocenters. The zero-order valence-corrected chi connectivity index (χ0v) is 14.5. The molecule has 0 saturated carbocycles. The molecule has 1 saturated heterocycles. The maximum absolute atomic E-state index is 12.7. The molecule has 0 radical (unpaired) electrons. The molecular formula is C18H23N3O2S. The minimum Gasteiger partial charge on any atom is -0.326 e. The Labute approximate surface area is 143 Å². The zero-order chi connectivity index (χ0) is 17.0. The highest BCUT2D eigenvalue weighted by molar-refractivity contribution is 7.89. The summed E-state index contributed by atoms with van der Waals surface area (Å²) >= 11 is 0. The summed E-state index contributed by atoms with van der Waals surface area (Å²) in [6.07, 6.45) is 0. The van der Waals surface area contributed by atoms with E-state index in [1.54, 1.807) is 28.6 Å². The Morgan fingerprint density at radius 3 is 2.04 bits per heavy atom. The molecule has 2 aromatic carbocycles. The van der Waals surface area contributed by atoms with E-state index >= 15 is 0 Å². The van der Waals surface area contributed by atoms with Crippen molar-refractivity contribution in [2.75, 3.05) is 26.2 Å². The van der Waals surface area contributed by atoms with Crippen LogP contribution in [0.15, 0.2) is 59.5 Å². The maximum atomic E-state index is 12.7. The van der Waals surface area contributed by atoms with E-state index in [2.05, 4.69) is 17.0 Å². The molecule has 6 heteroatoms. The van der Waals surface area contributed by atoms with E-state index in [4.69, 9.17) is 5.73 Å². The molecule has 3 rings (SSSR count). The van der Waals surface area contributed by atoms with Crippen molar-refractivity contribution in [3.05, 3.63) is 65.7 Å². The number of nitrogens with two attached hydrogens (primary N) is 1. The molecule has 0 spiro atoms. The molecule has 1 aliphatic rings. The third kappa shape index (κ3) is 3.84. The van der Waals surface area contributed by atoms with Crippen LogP contribution >= 0.6 is 0 Å². The summed E-state index contributed by atoms with van der Waals surface area (Å²) in [6, 6.07) is 17.1. The number of hydrogen-bond donors (Lipinski definition) is 1. The summed E-state index contributed by atoms with van der Waals surface area (Å²) in [4.78, 5) is 2.63. The van der Waals surface area contributed by atoms with Gasteiger partial charge in [-0.25, -0.2) is 8.42 Å². The van der Waals surface area contributed by atoms with Crippen LogP contribution in [0.3, 0.4) is 0 Å². The summed E-state index contributed by atoms with van der Waals surface area (Å²) in [5.41, 5.74) is 7.75. The van der Waals surface area contributed by atoms with Crippen LogP contribution < -0.4 is 5.73 Å². The lowest BCUT2D eigenvalue weighted by atomic mass is 10.2. The first kappa shape index (κ1) is 17.1. The normalized spacial score (nSPS) is 17.0.